The molecule has 0 saturated heterocycles. The second kappa shape index (κ2) is 5.87. The third kappa shape index (κ3) is 3.33. The topological polar surface area (TPSA) is 41.3 Å². The van der Waals surface area contributed by atoms with Gasteiger partial charge in [-0.15, -0.1) is 6.58 Å². The molecule has 1 aliphatic carbocycles. The fraction of sp³-hybridized carbons (Fsp3) is 0.615. The molecule has 17 heavy (non-hydrogen) atoms. The van der Waals surface area contributed by atoms with Crippen molar-refractivity contribution in [1.82, 2.24) is 10.3 Å². The van der Waals surface area contributed by atoms with E-state index in [2.05, 4.69) is 28.7 Å². The molecule has 4 nitrogen and oxygen atoms in total. The van der Waals surface area contributed by atoms with Crippen LogP contribution in [0.3, 0.4) is 0 Å². The van der Waals surface area contributed by atoms with E-state index in [4.69, 9.17) is 4.42 Å². The first-order valence-electron chi connectivity index (χ1n) is 6.37. The van der Waals surface area contributed by atoms with Gasteiger partial charge in [-0.2, -0.15) is 4.98 Å². The zero-order chi connectivity index (χ0) is 12.1. The van der Waals surface area contributed by atoms with Crippen molar-refractivity contribution in [2.45, 2.75) is 38.8 Å². The maximum absolute atomic E-state index is 5.54. The largest absolute Gasteiger partial charge is 0.432 e. The van der Waals surface area contributed by atoms with E-state index in [9.17, 15) is 0 Å². The fourth-order valence-corrected chi connectivity index (χ4v) is 1.81. The summed E-state index contributed by atoms with van der Waals surface area (Å²) >= 11 is 0. The summed E-state index contributed by atoms with van der Waals surface area (Å²) in [6, 6.07) is 1.34. The molecular weight excluding hydrogens is 214 g/mol. The van der Waals surface area contributed by atoms with Crippen molar-refractivity contribution in [3.8, 4) is 0 Å². The van der Waals surface area contributed by atoms with Crippen molar-refractivity contribution in [1.29, 1.82) is 0 Å². The van der Waals surface area contributed by atoms with Crippen molar-refractivity contribution in [2.75, 3.05) is 18.0 Å². The van der Waals surface area contributed by atoms with Crippen LogP contribution in [0.4, 0.5) is 6.01 Å². The van der Waals surface area contributed by atoms with Crippen LogP contribution in [0.15, 0.2) is 23.3 Å². The Balaban J connectivity index is 1.93. The Morgan fingerprint density at radius 2 is 2.47 bits per heavy atom. The molecule has 0 bridgehead atoms. The van der Waals surface area contributed by atoms with Crippen molar-refractivity contribution in [2.24, 2.45) is 0 Å². The molecule has 1 aliphatic rings. The van der Waals surface area contributed by atoms with Crippen LogP contribution in [-0.4, -0.2) is 24.1 Å². The molecule has 1 heterocycles. The number of hydrogen-bond acceptors (Lipinski definition) is 4. The lowest BCUT2D eigenvalue weighted by Gasteiger charge is -2.17. The van der Waals surface area contributed by atoms with E-state index >= 15 is 0 Å². The smallest absolute Gasteiger partial charge is 0.298 e. The summed E-state index contributed by atoms with van der Waals surface area (Å²) in [6.07, 6.45) is 7.25. The van der Waals surface area contributed by atoms with Crippen LogP contribution < -0.4 is 10.2 Å². The summed E-state index contributed by atoms with van der Waals surface area (Å²) in [5.74, 6) is 0. The molecule has 1 fully saturated rings. The molecule has 0 radical (unpaired) electrons. The first-order valence-corrected chi connectivity index (χ1v) is 6.37. The zero-order valence-corrected chi connectivity index (χ0v) is 10.5. The van der Waals surface area contributed by atoms with Crippen LogP contribution in [-0.2, 0) is 6.54 Å². The van der Waals surface area contributed by atoms with Crippen molar-refractivity contribution >= 4 is 6.01 Å². The number of hydrogen-bond donors (Lipinski definition) is 1. The maximum Gasteiger partial charge on any atom is 0.298 e. The Morgan fingerprint density at radius 1 is 1.65 bits per heavy atom. The predicted octanol–water partition coefficient (Wildman–Crippen LogP) is 2.33. The number of anilines is 1. The summed E-state index contributed by atoms with van der Waals surface area (Å²) in [6.45, 7) is 8.54. The molecule has 1 saturated carbocycles. The number of oxazole rings is 1. The molecule has 2 rings (SSSR count). The standard InChI is InChI=1S/C13H21N3O/c1-3-7-14-9-11-10-17-13(15-11)16(8-4-2)12-5-6-12/h4,10,12,14H,2-3,5-9H2,1H3. The minimum Gasteiger partial charge on any atom is -0.432 e. The predicted molar refractivity (Wildman–Crippen MR) is 69.1 cm³/mol. The number of nitrogens with zero attached hydrogens (tertiary/aromatic N) is 2. The van der Waals surface area contributed by atoms with Crippen LogP contribution >= 0.6 is 0 Å². The SMILES string of the molecule is C=CCN(c1nc(CNCCC)co1)C1CC1. The molecule has 1 aromatic heterocycles. The van der Waals surface area contributed by atoms with Crippen LogP contribution in [0.2, 0.25) is 0 Å². The van der Waals surface area contributed by atoms with Gasteiger partial charge in [0, 0.05) is 19.1 Å². The molecule has 0 spiro atoms. The normalized spacial score (nSPS) is 14.9. The van der Waals surface area contributed by atoms with E-state index in [0.29, 0.717) is 6.04 Å². The maximum atomic E-state index is 5.54. The molecular formula is C13H21N3O. The molecule has 0 unspecified atom stereocenters. The average molecular weight is 235 g/mol. The molecule has 1 N–H and O–H groups in total. The van der Waals surface area contributed by atoms with Crippen LogP contribution in [0, 0.1) is 0 Å². The third-order valence-corrected chi connectivity index (χ3v) is 2.83. The van der Waals surface area contributed by atoms with Crippen molar-refractivity contribution in [3.63, 3.8) is 0 Å². The van der Waals surface area contributed by atoms with E-state index in [-0.39, 0.29) is 0 Å². The highest BCUT2D eigenvalue weighted by atomic mass is 16.4. The van der Waals surface area contributed by atoms with Gasteiger partial charge in [0.1, 0.15) is 6.26 Å². The summed E-state index contributed by atoms with van der Waals surface area (Å²) in [4.78, 5) is 6.70. The quantitative estimate of drug-likeness (QED) is 0.554. The van der Waals surface area contributed by atoms with Crippen LogP contribution in [0.25, 0.3) is 0 Å². The fourth-order valence-electron chi connectivity index (χ4n) is 1.81. The zero-order valence-electron chi connectivity index (χ0n) is 10.5. The lowest BCUT2D eigenvalue weighted by Crippen LogP contribution is -2.26. The minimum absolute atomic E-state index is 0.600. The van der Waals surface area contributed by atoms with Gasteiger partial charge < -0.3 is 14.6 Å². The van der Waals surface area contributed by atoms with E-state index in [1.165, 1.54) is 12.8 Å². The number of nitrogens with one attached hydrogen (secondary N) is 1. The van der Waals surface area contributed by atoms with Gasteiger partial charge in [0.25, 0.3) is 6.01 Å². The van der Waals surface area contributed by atoms with Gasteiger partial charge in [-0.3, -0.25) is 0 Å². The molecule has 0 amide bonds. The first-order chi connectivity index (χ1) is 8.35. The highest BCUT2D eigenvalue weighted by Crippen LogP contribution is 2.30. The Hall–Kier alpha value is -1.29. The van der Waals surface area contributed by atoms with Gasteiger partial charge in [-0.25, -0.2) is 0 Å². The summed E-state index contributed by atoms with van der Waals surface area (Å²) in [7, 11) is 0. The van der Waals surface area contributed by atoms with Crippen LogP contribution in [0.1, 0.15) is 31.9 Å². The van der Waals surface area contributed by atoms with Gasteiger partial charge >= 0.3 is 0 Å². The second-order valence-corrected chi connectivity index (χ2v) is 4.47. The molecule has 0 aromatic carbocycles. The second-order valence-electron chi connectivity index (χ2n) is 4.47. The summed E-state index contributed by atoms with van der Waals surface area (Å²) in [5, 5.41) is 3.32. The minimum atomic E-state index is 0.600. The van der Waals surface area contributed by atoms with Gasteiger partial charge in [-0.1, -0.05) is 13.0 Å². The monoisotopic (exact) mass is 235 g/mol. The average Bonchev–Trinajstić information content (AvgIpc) is 3.06. The lowest BCUT2D eigenvalue weighted by molar-refractivity contribution is 0.536. The van der Waals surface area contributed by atoms with Crippen molar-refractivity contribution < 1.29 is 4.42 Å². The number of rotatable bonds is 8. The molecule has 94 valence electrons. The van der Waals surface area contributed by atoms with E-state index in [1.54, 1.807) is 6.26 Å². The van der Waals surface area contributed by atoms with Gasteiger partial charge in [0.05, 0.1) is 5.69 Å². The lowest BCUT2D eigenvalue weighted by atomic mass is 10.4. The Labute approximate surface area is 103 Å². The van der Waals surface area contributed by atoms with Gasteiger partial charge in [-0.05, 0) is 25.8 Å². The van der Waals surface area contributed by atoms with Gasteiger partial charge in [0.15, 0.2) is 0 Å². The third-order valence-electron chi connectivity index (χ3n) is 2.83. The van der Waals surface area contributed by atoms with Gasteiger partial charge in [0.2, 0.25) is 0 Å². The molecule has 0 aliphatic heterocycles. The first kappa shape index (κ1) is 12.2. The molecule has 0 atom stereocenters. The Bertz CT molecular complexity index is 357. The highest BCUT2D eigenvalue weighted by molar-refractivity contribution is 5.32. The number of aromatic nitrogens is 1. The van der Waals surface area contributed by atoms with Crippen molar-refractivity contribution in [3.05, 3.63) is 24.6 Å². The summed E-state index contributed by atoms with van der Waals surface area (Å²) in [5.41, 5.74) is 0.975. The van der Waals surface area contributed by atoms with Crippen LogP contribution in [0.5, 0.6) is 0 Å². The Kier molecular flexibility index (Phi) is 4.20. The highest BCUT2D eigenvalue weighted by Gasteiger charge is 2.31. The van der Waals surface area contributed by atoms with E-state index < -0.39 is 0 Å². The van der Waals surface area contributed by atoms with E-state index in [1.807, 2.05) is 6.08 Å². The van der Waals surface area contributed by atoms with E-state index in [0.717, 1.165) is 37.8 Å². The summed E-state index contributed by atoms with van der Waals surface area (Å²) < 4.78 is 5.54. The molecule has 4 heteroatoms. The Morgan fingerprint density at radius 3 is 3.12 bits per heavy atom. The molecule has 1 aromatic rings.